The molecule has 0 spiro atoms. The van der Waals surface area contributed by atoms with Gasteiger partial charge in [0, 0.05) is 45.3 Å². The van der Waals surface area contributed by atoms with Crippen LogP contribution in [0.4, 0.5) is 5.69 Å². The third-order valence-electron chi connectivity index (χ3n) is 6.21. The molecule has 1 atom stereocenters. The molecule has 3 heterocycles. The Kier molecular flexibility index (Phi) is 6.18. The van der Waals surface area contributed by atoms with Gasteiger partial charge in [0.05, 0.1) is 24.3 Å². The van der Waals surface area contributed by atoms with E-state index >= 15 is 0 Å². The lowest BCUT2D eigenvalue weighted by molar-refractivity contribution is -0.132. The van der Waals surface area contributed by atoms with Crippen LogP contribution in [0.15, 0.2) is 41.3 Å². The highest BCUT2D eigenvalue weighted by Crippen LogP contribution is 2.21. The van der Waals surface area contributed by atoms with Gasteiger partial charge in [-0.2, -0.15) is 5.10 Å². The lowest BCUT2D eigenvalue weighted by Crippen LogP contribution is -2.46. The van der Waals surface area contributed by atoms with E-state index < -0.39 is 0 Å². The van der Waals surface area contributed by atoms with Crippen molar-refractivity contribution >= 4 is 11.6 Å². The van der Waals surface area contributed by atoms with Crippen LogP contribution in [-0.2, 0) is 11.2 Å². The molecule has 0 saturated carbocycles. The fourth-order valence-corrected chi connectivity index (χ4v) is 4.41. The summed E-state index contributed by atoms with van der Waals surface area (Å²) in [5, 5.41) is 4.50. The molecule has 0 bridgehead atoms. The molecule has 1 aromatic carbocycles. The van der Waals surface area contributed by atoms with Gasteiger partial charge in [-0.1, -0.05) is 29.8 Å². The van der Waals surface area contributed by atoms with E-state index in [2.05, 4.69) is 28.0 Å². The van der Waals surface area contributed by atoms with Crippen molar-refractivity contribution in [1.29, 1.82) is 0 Å². The van der Waals surface area contributed by atoms with Crippen LogP contribution in [0.5, 0.6) is 0 Å². The monoisotopic (exact) mass is 409 g/mol. The van der Waals surface area contributed by atoms with Crippen LogP contribution >= 0.6 is 0 Å². The highest BCUT2D eigenvalue weighted by Gasteiger charge is 2.26. The van der Waals surface area contributed by atoms with Gasteiger partial charge in [-0.15, -0.1) is 0 Å². The van der Waals surface area contributed by atoms with Crippen molar-refractivity contribution in [2.24, 2.45) is 0 Å². The van der Waals surface area contributed by atoms with Crippen molar-refractivity contribution in [2.75, 3.05) is 51.2 Å². The Morgan fingerprint density at radius 1 is 1.13 bits per heavy atom. The van der Waals surface area contributed by atoms with E-state index in [9.17, 15) is 9.59 Å². The van der Waals surface area contributed by atoms with Crippen LogP contribution < -0.4 is 10.5 Å². The maximum absolute atomic E-state index is 12.8. The van der Waals surface area contributed by atoms with Gasteiger partial charge >= 0.3 is 0 Å². The number of benzene rings is 1. The zero-order valence-corrected chi connectivity index (χ0v) is 18.0. The number of rotatable bonds is 4. The number of anilines is 1. The van der Waals surface area contributed by atoms with Crippen molar-refractivity contribution in [3.05, 3.63) is 58.0 Å². The number of piperazine rings is 1. The third kappa shape index (κ3) is 4.73. The van der Waals surface area contributed by atoms with E-state index in [-0.39, 0.29) is 17.5 Å². The van der Waals surface area contributed by atoms with Crippen LogP contribution in [0, 0.1) is 6.92 Å². The molecule has 2 aliphatic rings. The molecular weight excluding hydrogens is 378 g/mol. The van der Waals surface area contributed by atoms with E-state index in [0.29, 0.717) is 13.0 Å². The van der Waals surface area contributed by atoms with Gasteiger partial charge in [0.15, 0.2) is 0 Å². The second kappa shape index (κ2) is 9.00. The number of likely N-dealkylation sites (tertiary alicyclic amines) is 1. The number of amides is 1. The lowest BCUT2D eigenvalue weighted by atomic mass is 10.0. The standard InChI is InChI=1S/C23H31N5O2/c1-18-5-3-6-19(13-18)14-22(29)27-8-4-7-20(17-27)28-23(30)15-21(16-24-28)26-11-9-25(2)10-12-26/h3,5-6,13,15-16,20H,4,7-12,14,17H2,1-2H3/t20-/m0/s1. The summed E-state index contributed by atoms with van der Waals surface area (Å²) in [6.45, 7) is 7.13. The Balaban J connectivity index is 1.42. The third-order valence-corrected chi connectivity index (χ3v) is 6.21. The Hall–Kier alpha value is -2.67. The largest absolute Gasteiger partial charge is 0.368 e. The van der Waals surface area contributed by atoms with Crippen molar-refractivity contribution in [3.63, 3.8) is 0 Å². The molecule has 1 aromatic heterocycles. The Labute approximate surface area is 177 Å². The Morgan fingerprint density at radius 2 is 1.93 bits per heavy atom. The summed E-state index contributed by atoms with van der Waals surface area (Å²) in [6.07, 6.45) is 3.97. The normalized spacial score (nSPS) is 20.4. The van der Waals surface area contributed by atoms with Crippen molar-refractivity contribution < 1.29 is 4.79 Å². The van der Waals surface area contributed by atoms with E-state index in [0.717, 1.165) is 62.4 Å². The minimum atomic E-state index is -0.0792. The number of nitrogens with zero attached hydrogens (tertiary/aromatic N) is 5. The first-order valence-corrected chi connectivity index (χ1v) is 10.9. The minimum Gasteiger partial charge on any atom is -0.368 e. The highest BCUT2D eigenvalue weighted by atomic mass is 16.2. The number of hydrogen-bond acceptors (Lipinski definition) is 5. The number of likely N-dealkylation sites (N-methyl/N-ethyl adjacent to an activating group) is 1. The summed E-state index contributed by atoms with van der Waals surface area (Å²) in [4.78, 5) is 32.0. The lowest BCUT2D eigenvalue weighted by Gasteiger charge is -2.35. The molecule has 2 aromatic rings. The molecule has 30 heavy (non-hydrogen) atoms. The number of hydrogen-bond donors (Lipinski definition) is 0. The van der Waals surface area contributed by atoms with Crippen molar-refractivity contribution in [1.82, 2.24) is 19.6 Å². The zero-order valence-electron chi connectivity index (χ0n) is 18.0. The average Bonchev–Trinajstić information content (AvgIpc) is 2.74. The average molecular weight is 410 g/mol. The first-order valence-electron chi connectivity index (χ1n) is 10.9. The summed E-state index contributed by atoms with van der Waals surface area (Å²) in [7, 11) is 2.11. The van der Waals surface area contributed by atoms with Crippen molar-refractivity contribution in [3.8, 4) is 0 Å². The predicted molar refractivity (Wildman–Crippen MR) is 118 cm³/mol. The van der Waals surface area contributed by atoms with Gasteiger partial charge in [-0.3, -0.25) is 9.59 Å². The topological polar surface area (TPSA) is 61.7 Å². The first-order chi connectivity index (χ1) is 14.5. The molecule has 0 unspecified atom stereocenters. The second-order valence-corrected chi connectivity index (χ2v) is 8.59. The fraction of sp³-hybridized carbons (Fsp3) is 0.522. The number of aromatic nitrogens is 2. The van der Waals surface area contributed by atoms with E-state index in [1.165, 1.54) is 0 Å². The number of carbonyl (C=O) groups excluding carboxylic acids is 1. The number of carbonyl (C=O) groups is 1. The molecule has 2 aliphatic heterocycles. The molecular formula is C23H31N5O2. The summed E-state index contributed by atoms with van der Waals surface area (Å²) in [5.41, 5.74) is 3.01. The number of piperidine rings is 1. The maximum Gasteiger partial charge on any atom is 0.269 e. The quantitative estimate of drug-likeness (QED) is 0.769. The molecule has 2 saturated heterocycles. The molecule has 4 rings (SSSR count). The van der Waals surface area contributed by atoms with E-state index in [1.54, 1.807) is 16.9 Å². The second-order valence-electron chi connectivity index (χ2n) is 8.59. The molecule has 7 nitrogen and oxygen atoms in total. The molecule has 160 valence electrons. The molecule has 0 radical (unpaired) electrons. The van der Waals surface area contributed by atoms with Gasteiger partial charge < -0.3 is 14.7 Å². The first kappa shape index (κ1) is 20.6. The zero-order chi connectivity index (χ0) is 21.1. The van der Waals surface area contributed by atoms with E-state index in [1.807, 2.05) is 30.0 Å². The summed E-state index contributed by atoms with van der Waals surface area (Å²) < 4.78 is 1.58. The minimum absolute atomic E-state index is 0.0609. The van der Waals surface area contributed by atoms with Crippen LogP contribution in [-0.4, -0.2) is 71.8 Å². The van der Waals surface area contributed by atoms with Gasteiger partial charge in [-0.05, 0) is 32.4 Å². The van der Waals surface area contributed by atoms with Crippen LogP contribution in [0.2, 0.25) is 0 Å². The molecule has 2 fully saturated rings. The maximum atomic E-state index is 12.8. The van der Waals surface area contributed by atoms with E-state index in [4.69, 9.17) is 0 Å². The fourth-order valence-electron chi connectivity index (χ4n) is 4.41. The smallest absolute Gasteiger partial charge is 0.269 e. The van der Waals surface area contributed by atoms with Gasteiger partial charge in [0.1, 0.15) is 0 Å². The molecule has 0 N–H and O–H groups in total. The Bertz CT molecular complexity index is 949. The van der Waals surface area contributed by atoms with Crippen molar-refractivity contribution in [2.45, 2.75) is 32.2 Å². The summed E-state index contributed by atoms with van der Waals surface area (Å²) in [5.74, 6) is 0.118. The number of aryl methyl sites for hydroxylation is 1. The molecule has 1 amide bonds. The summed E-state index contributed by atoms with van der Waals surface area (Å²) >= 11 is 0. The molecule has 7 heteroatoms. The highest BCUT2D eigenvalue weighted by molar-refractivity contribution is 5.79. The van der Waals surface area contributed by atoms with Gasteiger partial charge in [0.2, 0.25) is 5.91 Å². The van der Waals surface area contributed by atoms with Crippen LogP contribution in [0.1, 0.15) is 30.0 Å². The van der Waals surface area contributed by atoms with Crippen LogP contribution in [0.3, 0.4) is 0 Å². The summed E-state index contributed by atoms with van der Waals surface area (Å²) in [6, 6.07) is 9.72. The SMILES string of the molecule is Cc1cccc(CC(=O)N2CCC[C@H](n3ncc(N4CCN(C)CC4)cc3=O)C2)c1. The van der Waals surface area contributed by atoms with Gasteiger partial charge in [0.25, 0.3) is 5.56 Å². The molecule has 0 aliphatic carbocycles. The predicted octanol–water partition coefficient (Wildman–Crippen LogP) is 1.71. The van der Waals surface area contributed by atoms with Gasteiger partial charge in [-0.25, -0.2) is 4.68 Å². The van der Waals surface area contributed by atoms with Crippen LogP contribution in [0.25, 0.3) is 0 Å². The Morgan fingerprint density at radius 3 is 2.67 bits per heavy atom.